The van der Waals surface area contributed by atoms with Crippen LogP contribution in [0.15, 0.2) is 0 Å². The summed E-state index contributed by atoms with van der Waals surface area (Å²) in [5.41, 5.74) is 0.0203. The van der Waals surface area contributed by atoms with E-state index in [2.05, 4.69) is 40.8 Å². The van der Waals surface area contributed by atoms with Crippen molar-refractivity contribution < 1.29 is 14.6 Å². The molecule has 0 heterocycles. The summed E-state index contributed by atoms with van der Waals surface area (Å²) in [7, 11) is -1.80. The van der Waals surface area contributed by atoms with Crippen LogP contribution in [0.2, 0.25) is 18.1 Å². The Morgan fingerprint density at radius 3 is 2.29 bits per heavy atom. The number of hydrogen-bond acceptors (Lipinski definition) is 3. The van der Waals surface area contributed by atoms with E-state index in [-0.39, 0.29) is 34.7 Å². The van der Waals surface area contributed by atoms with E-state index in [1.54, 1.807) is 0 Å². The second kappa shape index (κ2) is 5.62. The Labute approximate surface area is 131 Å². The standard InChI is InChI=1S/C17H34O3Si/c1-16(2,3)21(5,6)20-15-8-7-14(19)13-11-12(18)9-10-17(13,15)4/h12-15,18-19H,7-11H2,1-6H3/t12-,13+,14-,15-,17-/m0/s1. The molecule has 0 aromatic carbocycles. The average Bonchev–Trinajstić information content (AvgIpc) is 2.34. The lowest BCUT2D eigenvalue weighted by molar-refractivity contribution is -0.134. The second-order valence-corrected chi connectivity index (χ2v) is 13.8. The zero-order valence-corrected chi connectivity index (χ0v) is 15.6. The maximum atomic E-state index is 10.4. The Hall–Kier alpha value is 0.0969. The average molecular weight is 315 g/mol. The van der Waals surface area contributed by atoms with Crippen LogP contribution in [0.3, 0.4) is 0 Å². The van der Waals surface area contributed by atoms with Gasteiger partial charge in [-0.05, 0) is 61.6 Å². The molecule has 21 heavy (non-hydrogen) atoms. The van der Waals surface area contributed by atoms with Crippen molar-refractivity contribution in [3.63, 3.8) is 0 Å². The molecular formula is C17H34O3Si. The van der Waals surface area contributed by atoms with Gasteiger partial charge < -0.3 is 14.6 Å². The molecule has 0 aromatic heterocycles. The molecule has 0 saturated heterocycles. The highest BCUT2D eigenvalue weighted by Crippen LogP contribution is 2.53. The first-order valence-electron chi connectivity index (χ1n) is 8.51. The van der Waals surface area contributed by atoms with E-state index in [1.807, 2.05) is 0 Å². The summed E-state index contributed by atoms with van der Waals surface area (Å²) in [5.74, 6) is 0.185. The highest BCUT2D eigenvalue weighted by molar-refractivity contribution is 6.74. The predicted molar refractivity (Wildman–Crippen MR) is 88.8 cm³/mol. The second-order valence-electron chi connectivity index (χ2n) is 9.05. The van der Waals surface area contributed by atoms with Crippen LogP contribution in [0.1, 0.15) is 59.8 Å². The first-order valence-corrected chi connectivity index (χ1v) is 11.4. The van der Waals surface area contributed by atoms with Crippen LogP contribution in [-0.2, 0) is 4.43 Å². The number of rotatable bonds is 2. The minimum absolute atomic E-state index is 0.0203. The van der Waals surface area contributed by atoms with Crippen LogP contribution in [0.25, 0.3) is 0 Å². The Balaban J connectivity index is 2.20. The molecule has 0 radical (unpaired) electrons. The van der Waals surface area contributed by atoms with Crippen molar-refractivity contribution in [3.05, 3.63) is 0 Å². The molecule has 2 rings (SSSR count). The van der Waals surface area contributed by atoms with Gasteiger partial charge in [0.25, 0.3) is 0 Å². The van der Waals surface area contributed by atoms with E-state index in [0.717, 1.165) is 32.1 Å². The van der Waals surface area contributed by atoms with Gasteiger partial charge in [0.15, 0.2) is 8.32 Å². The Kier molecular flexibility index (Phi) is 4.67. The van der Waals surface area contributed by atoms with Crippen molar-refractivity contribution >= 4 is 8.32 Å². The first kappa shape index (κ1) is 17.5. The van der Waals surface area contributed by atoms with E-state index in [0.29, 0.717) is 0 Å². The molecule has 5 atom stereocenters. The Morgan fingerprint density at radius 2 is 1.71 bits per heavy atom. The van der Waals surface area contributed by atoms with Crippen LogP contribution in [0.5, 0.6) is 0 Å². The molecule has 0 aliphatic heterocycles. The van der Waals surface area contributed by atoms with Gasteiger partial charge in [-0.3, -0.25) is 0 Å². The molecule has 0 unspecified atom stereocenters. The maximum Gasteiger partial charge on any atom is 0.192 e. The minimum atomic E-state index is -1.80. The molecule has 124 valence electrons. The zero-order valence-electron chi connectivity index (χ0n) is 14.6. The third kappa shape index (κ3) is 3.24. The highest BCUT2D eigenvalue weighted by atomic mass is 28.4. The quantitative estimate of drug-likeness (QED) is 0.764. The number of fused-ring (bicyclic) bond motifs is 1. The smallest absolute Gasteiger partial charge is 0.192 e. The Morgan fingerprint density at radius 1 is 1.10 bits per heavy atom. The molecule has 0 bridgehead atoms. The topological polar surface area (TPSA) is 49.7 Å². The van der Waals surface area contributed by atoms with E-state index in [4.69, 9.17) is 4.43 Å². The van der Waals surface area contributed by atoms with Crippen LogP contribution in [0, 0.1) is 11.3 Å². The van der Waals surface area contributed by atoms with Gasteiger partial charge in [0.2, 0.25) is 0 Å². The largest absolute Gasteiger partial charge is 0.413 e. The van der Waals surface area contributed by atoms with Crippen molar-refractivity contribution in [1.29, 1.82) is 0 Å². The van der Waals surface area contributed by atoms with Crippen LogP contribution in [-0.4, -0.2) is 36.8 Å². The van der Waals surface area contributed by atoms with E-state index in [1.165, 1.54) is 0 Å². The maximum absolute atomic E-state index is 10.4. The van der Waals surface area contributed by atoms with Crippen molar-refractivity contribution in [1.82, 2.24) is 0 Å². The minimum Gasteiger partial charge on any atom is -0.413 e. The number of hydrogen-bond donors (Lipinski definition) is 2. The summed E-state index contributed by atoms with van der Waals surface area (Å²) in [6.45, 7) is 13.7. The van der Waals surface area contributed by atoms with Gasteiger partial charge in [-0.1, -0.05) is 27.7 Å². The molecule has 2 N–H and O–H groups in total. The molecule has 2 aliphatic rings. The lowest BCUT2D eigenvalue weighted by atomic mass is 9.57. The predicted octanol–water partition coefficient (Wildman–Crippen LogP) is 3.70. The van der Waals surface area contributed by atoms with Crippen molar-refractivity contribution in [2.45, 2.75) is 96.2 Å². The number of aliphatic hydroxyl groups excluding tert-OH is 2. The Bertz CT molecular complexity index is 377. The fourth-order valence-corrected chi connectivity index (χ4v) is 5.37. The van der Waals surface area contributed by atoms with Gasteiger partial charge in [-0.2, -0.15) is 0 Å². The molecular weight excluding hydrogens is 280 g/mol. The summed E-state index contributed by atoms with van der Waals surface area (Å²) in [6, 6.07) is 0. The van der Waals surface area contributed by atoms with Crippen LogP contribution >= 0.6 is 0 Å². The van der Waals surface area contributed by atoms with Gasteiger partial charge in [0.1, 0.15) is 0 Å². The van der Waals surface area contributed by atoms with Gasteiger partial charge in [-0.25, -0.2) is 0 Å². The van der Waals surface area contributed by atoms with Gasteiger partial charge in [0, 0.05) is 0 Å². The van der Waals surface area contributed by atoms with Crippen molar-refractivity contribution in [2.75, 3.05) is 0 Å². The van der Waals surface area contributed by atoms with Crippen molar-refractivity contribution in [2.24, 2.45) is 11.3 Å². The molecule has 4 heteroatoms. The first-order chi connectivity index (χ1) is 9.47. The lowest BCUT2D eigenvalue weighted by Gasteiger charge is -2.55. The molecule has 0 amide bonds. The molecule has 3 nitrogen and oxygen atoms in total. The summed E-state index contributed by atoms with van der Waals surface area (Å²) in [4.78, 5) is 0. The molecule has 2 fully saturated rings. The summed E-state index contributed by atoms with van der Waals surface area (Å²) >= 11 is 0. The van der Waals surface area contributed by atoms with Gasteiger partial charge >= 0.3 is 0 Å². The van der Waals surface area contributed by atoms with Crippen LogP contribution < -0.4 is 0 Å². The highest BCUT2D eigenvalue weighted by Gasteiger charge is 2.53. The number of aliphatic hydroxyl groups is 2. The molecule has 0 aromatic rings. The monoisotopic (exact) mass is 314 g/mol. The summed E-state index contributed by atoms with van der Waals surface area (Å²) in [6.07, 6.45) is 4.03. The van der Waals surface area contributed by atoms with E-state index < -0.39 is 8.32 Å². The van der Waals surface area contributed by atoms with E-state index in [9.17, 15) is 10.2 Å². The zero-order chi connectivity index (χ0) is 16.1. The molecule has 2 saturated carbocycles. The molecule has 2 aliphatic carbocycles. The van der Waals surface area contributed by atoms with E-state index >= 15 is 0 Å². The SMILES string of the molecule is CC(C)(C)[Si](C)(C)O[C@H]1CC[C@H](O)[C@H]2C[C@@H](O)CC[C@]12C. The summed E-state index contributed by atoms with van der Waals surface area (Å²) < 4.78 is 6.75. The fraction of sp³-hybridized carbons (Fsp3) is 1.00. The third-order valence-corrected chi connectivity index (χ3v) is 11.0. The lowest BCUT2D eigenvalue weighted by Crippen LogP contribution is -2.57. The molecule has 0 spiro atoms. The van der Waals surface area contributed by atoms with Crippen LogP contribution in [0.4, 0.5) is 0 Å². The van der Waals surface area contributed by atoms with Crippen molar-refractivity contribution in [3.8, 4) is 0 Å². The third-order valence-electron chi connectivity index (χ3n) is 6.56. The normalized spacial score (nSPS) is 41.7. The van der Waals surface area contributed by atoms with Gasteiger partial charge in [-0.15, -0.1) is 0 Å². The summed E-state index contributed by atoms with van der Waals surface area (Å²) in [5, 5.41) is 20.6. The fourth-order valence-electron chi connectivity index (χ4n) is 3.92. The van der Waals surface area contributed by atoms with Gasteiger partial charge in [0.05, 0.1) is 18.3 Å².